The van der Waals surface area contributed by atoms with Crippen LogP contribution in [0.1, 0.15) is 24.8 Å². The molecule has 2 heterocycles. The SMILES string of the molecule is Cn1cnc(S(=O)(=O)N2CCC[C@H](CCc3c(F)cccc3F)C2)c1. The van der Waals surface area contributed by atoms with Crippen LogP contribution in [0.25, 0.3) is 0 Å². The van der Waals surface area contributed by atoms with E-state index in [4.69, 9.17) is 0 Å². The van der Waals surface area contributed by atoms with E-state index in [-0.39, 0.29) is 22.9 Å². The second kappa shape index (κ2) is 7.21. The van der Waals surface area contributed by atoms with Gasteiger partial charge in [-0.05, 0) is 43.7 Å². The van der Waals surface area contributed by atoms with E-state index in [1.165, 1.54) is 35.0 Å². The molecule has 1 fully saturated rings. The molecule has 0 aliphatic carbocycles. The molecule has 0 radical (unpaired) electrons. The number of hydrogen-bond donors (Lipinski definition) is 0. The Morgan fingerprint density at radius 2 is 2.00 bits per heavy atom. The highest BCUT2D eigenvalue weighted by molar-refractivity contribution is 7.89. The highest BCUT2D eigenvalue weighted by Crippen LogP contribution is 2.26. The molecule has 1 aromatic heterocycles. The Morgan fingerprint density at radius 1 is 1.28 bits per heavy atom. The Bertz CT molecular complexity index is 831. The molecule has 1 aliphatic heterocycles. The number of imidazole rings is 1. The van der Waals surface area contributed by atoms with Crippen molar-refractivity contribution < 1.29 is 17.2 Å². The van der Waals surface area contributed by atoms with E-state index in [2.05, 4.69) is 4.98 Å². The second-order valence-corrected chi connectivity index (χ2v) is 8.37. The third-order valence-electron chi connectivity index (χ3n) is 4.63. The summed E-state index contributed by atoms with van der Waals surface area (Å²) in [7, 11) is -1.90. The van der Waals surface area contributed by atoms with E-state index in [1.807, 2.05) is 0 Å². The van der Waals surface area contributed by atoms with Crippen molar-refractivity contribution in [3.63, 3.8) is 0 Å². The molecule has 0 N–H and O–H groups in total. The first-order valence-electron chi connectivity index (χ1n) is 8.29. The minimum atomic E-state index is -3.62. The Kier molecular flexibility index (Phi) is 5.19. The molecule has 0 unspecified atom stereocenters. The van der Waals surface area contributed by atoms with Crippen molar-refractivity contribution in [2.75, 3.05) is 13.1 Å². The van der Waals surface area contributed by atoms with Crippen LogP contribution in [0.15, 0.2) is 35.7 Å². The van der Waals surface area contributed by atoms with Gasteiger partial charge in [-0.1, -0.05) is 6.07 Å². The number of sulfonamides is 1. The Hall–Kier alpha value is -1.80. The zero-order valence-corrected chi connectivity index (χ0v) is 14.8. The summed E-state index contributed by atoms with van der Waals surface area (Å²) in [5.74, 6) is -1.02. The lowest BCUT2D eigenvalue weighted by atomic mass is 9.92. The van der Waals surface area contributed by atoms with Gasteiger partial charge in [-0.2, -0.15) is 4.31 Å². The number of nitrogens with zero attached hydrogens (tertiary/aromatic N) is 3. The standard InChI is InChI=1S/C17H21F2N3O2S/c1-21-11-17(20-12-21)25(23,24)22-9-3-4-13(10-22)7-8-14-15(18)5-2-6-16(14)19/h2,5-6,11-13H,3-4,7-10H2,1H3/t13-/m1/s1. The van der Waals surface area contributed by atoms with E-state index in [0.29, 0.717) is 19.5 Å². The van der Waals surface area contributed by atoms with Crippen molar-refractivity contribution in [2.45, 2.75) is 30.7 Å². The summed E-state index contributed by atoms with van der Waals surface area (Å²) < 4.78 is 55.8. The molecule has 3 rings (SSSR count). The predicted molar refractivity (Wildman–Crippen MR) is 89.4 cm³/mol. The smallest absolute Gasteiger partial charge is 0.262 e. The molecule has 25 heavy (non-hydrogen) atoms. The molecular formula is C17H21F2N3O2S. The average Bonchev–Trinajstić information content (AvgIpc) is 3.02. The Morgan fingerprint density at radius 3 is 2.64 bits per heavy atom. The molecule has 1 aromatic carbocycles. The van der Waals surface area contributed by atoms with Crippen LogP contribution in [0, 0.1) is 17.6 Å². The number of hydrogen-bond acceptors (Lipinski definition) is 3. The summed E-state index contributed by atoms with van der Waals surface area (Å²) in [6.07, 6.45) is 5.33. The topological polar surface area (TPSA) is 55.2 Å². The van der Waals surface area contributed by atoms with Gasteiger partial charge in [0.05, 0.1) is 6.33 Å². The van der Waals surface area contributed by atoms with Gasteiger partial charge in [0.25, 0.3) is 10.0 Å². The van der Waals surface area contributed by atoms with Crippen molar-refractivity contribution in [1.82, 2.24) is 13.9 Å². The van der Waals surface area contributed by atoms with Gasteiger partial charge < -0.3 is 4.57 Å². The van der Waals surface area contributed by atoms with Crippen molar-refractivity contribution in [3.05, 3.63) is 47.9 Å². The molecule has 8 heteroatoms. The summed E-state index contributed by atoms with van der Waals surface area (Å²) in [6, 6.07) is 3.84. The molecule has 1 atom stereocenters. The highest BCUT2D eigenvalue weighted by atomic mass is 32.2. The number of piperidine rings is 1. The first kappa shape index (κ1) is 18.0. The first-order chi connectivity index (χ1) is 11.9. The van der Waals surface area contributed by atoms with Crippen LogP contribution in [-0.4, -0.2) is 35.4 Å². The van der Waals surface area contributed by atoms with Crippen LogP contribution in [0.5, 0.6) is 0 Å². The number of benzene rings is 1. The van der Waals surface area contributed by atoms with E-state index in [1.54, 1.807) is 11.6 Å². The van der Waals surface area contributed by atoms with Crippen molar-refractivity contribution in [1.29, 1.82) is 0 Å². The zero-order valence-electron chi connectivity index (χ0n) is 14.0. The molecule has 0 amide bonds. The van der Waals surface area contributed by atoms with Crippen LogP contribution in [0.4, 0.5) is 8.78 Å². The van der Waals surface area contributed by atoms with Crippen molar-refractivity contribution in [3.8, 4) is 0 Å². The molecule has 136 valence electrons. The van der Waals surface area contributed by atoms with Gasteiger partial charge in [0.15, 0.2) is 5.03 Å². The van der Waals surface area contributed by atoms with Gasteiger partial charge in [-0.25, -0.2) is 22.2 Å². The molecular weight excluding hydrogens is 348 g/mol. The van der Waals surface area contributed by atoms with Crippen molar-refractivity contribution in [2.24, 2.45) is 13.0 Å². The van der Waals surface area contributed by atoms with Crippen LogP contribution in [-0.2, 0) is 23.5 Å². The highest BCUT2D eigenvalue weighted by Gasteiger charge is 2.31. The lowest BCUT2D eigenvalue weighted by Crippen LogP contribution is -2.40. The summed E-state index contributed by atoms with van der Waals surface area (Å²) in [5.41, 5.74) is 0.0761. The predicted octanol–water partition coefficient (Wildman–Crippen LogP) is 2.73. The molecule has 0 bridgehead atoms. The third kappa shape index (κ3) is 3.90. The number of halogens is 2. The van der Waals surface area contributed by atoms with Crippen molar-refractivity contribution >= 4 is 10.0 Å². The van der Waals surface area contributed by atoms with Gasteiger partial charge in [-0.15, -0.1) is 0 Å². The maximum atomic E-state index is 13.7. The number of aromatic nitrogens is 2. The monoisotopic (exact) mass is 369 g/mol. The molecule has 0 saturated carbocycles. The average molecular weight is 369 g/mol. The van der Waals surface area contributed by atoms with Crippen LogP contribution in [0.2, 0.25) is 0 Å². The normalized spacial score (nSPS) is 19.2. The minimum Gasteiger partial charge on any atom is -0.339 e. The lowest BCUT2D eigenvalue weighted by molar-refractivity contribution is 0.254. The summed E-state index contributed by atoms with van der Waals surface area (Å²) in [4.78, 5) is 3.94. The van der Waals surface area contributed by atoms with Gasteiger partial charge in [-0.3, -0.25) is 0 Å². The fourth-order valence-electron chi connectivity index (χ4n) is 3.25. The fraction of sp³-hybridized carbons (Fsp3) is 0.471. The number of rotatable bonds is 5. The van der Waals surface area contributed by atoms with Gasteiger partial charge in [0.1, 0.15) is 11.6 Å². The second-order valence-electron chi connectivity index (χ2n) is 6.49. The van der Waals surface area contributed by atoms with Gasteiger partial charge in [0, 0.05) is 31.9 Å². The maximum Gasteiger partial charge on any atom is 0.262 e. The third-order valence-corrected chi connectivity index (χ3v) is 6.38. The van der Waals surface area contributed by atoms with E-state index >= 15 is 0 Å². The van der Waals surface area contributed by atoms with E-state index in [0.717, 1.165) is 12.8 Å². The zero-order chi connectivity index (χ0) is 18.0. The summed E-state index contributed by atoms with van der Waals surface area (Å²) in [5, 5.41) is 0.0378. The number of aryl methyl sites for hydroxylation is 1. The first-order valence-corrected chi connectivity index (χ1v) is 9.73. The summed E-state index contributed by atoms with van der Waals surface area (Å²) >= 11 is 0. The summed E-state index contributed by atoms with van der Waals surface area (Å²) in [6.45, 7) is 0.804. The lowest BCUT2D eigenvalue weighted by Gasteiger charge is -2.31. The quantitative estimate of drug-likeness (QED) is 0.814. The molecule has 2 aromatic rings. The molecule has 0 spiro atoms. The molecule has 1 aliphatic rings. The largest absolute Gasteiger partial charge is 0.339 e. The van der Waals surface area contributed by atoms with Gasteiger partial charge in [0.2, 0.25) is 0 Å². The fourth-order valence-corrected chi connectivity index (χ4v) is 4.78. The van der Waals surface area contributed by atoms with Crippen LogP contribution >= 0.6 is 0 Å². The van der Waals surface area contributed by atoms with Gasteiger partial charge >= 0.3 is 0 Å². The van der Waals surface area contributed by atoms with E-state index < -0.39 is 21.7 Å². The molecule has 5 nitrogen and oxygen atoms in total. The van der Waals surface area contributed by atoms with Crippen LogP contribution < -0.4 is 0 Å². The molecule has 1 saturated heterocycles. The van der Waals surface area contributed by atoms with E-state index in [9.17, 15) is 17.2 Å². The Labute approximate surface area is 146 Å². The maximum absolute atomic E-state index is 13.7. The minimum absolute atomic E-state index is 0.0378. The van der Waals surface area contributed by atoms with Crippen LogP contribution in [0.3, 0.4) is 0 Å². The Balaban J connectivity index is 1.67.